The van der Waals surface area contributed by atoms with Crippen molar-refractivity contribution >= 4 is 10.9 Å². The highest BCUT2D eigenvalue weighted by atomic mass is 16.5. The van der Waals surface area contributed by atoms with Crippen LogP contribution in [0, 0.1) is 5.92 Å². The summed E-state index contributed by atoms with van der Waals surface area (Å²) in [5, 5.41) is 13.8. The highest BCUT2D eigenvalue weighted by Gasteiger charge is 2.34. The van der Waals surface area contributed by atoms with Crippen LogP contribution in [0.25, 0.3) is 10.9 Å². The third-order valence-electron chi connectivity index (χ3n) is 7.29. The molecule has 9 nitrogen and oxygen atoms in total. The first-order valence-corrected chi connectivity index (χ1v) is 11.9. The number of aromatic nitrogens is 5. The highest BCUT2D eigenvalue weighted by Crippen LogP contribution is 2.36. The fourth-order valence-electron chi connectivity index (χ4n) is 5.33. The minimum absolute atomic E-state index is 0.126. The molecule has 1 N–H and O–H groups in total. The van der Waals surface area contributed by atoms with E-state index in [0.717, 1.165) is 50.0 Å². The van der Waals surface area contributed by atoms with Crippen LogP contribution in [-0.2, 0) is 0 Å². The number of rotatable bonds is 6. The Morgan fingerprint density at radius 1 is 1.03 bits per heavy atom. The molecule has 1 saturated heterocycles. The number of ether oxygens (including phenoxy) is 2. The maximum atomic E-state index is 13.4. The SMILES string of the molecule is COc1cc2cc(C(c3nnnn3C3CCCC3)N3CCC(C)CC3)c(=O)[nH]c2cc1OC. The fraction of sp³-hybridized carbons (Fsp3) is 0.583. The molecule has 9 heteroatoms. The average Bonchev–Trinajstić information content (AvgIpc) is 3.52. The number of hydrogen-bond acceptors (Lipinski definition) is 7. The highest BCUT2D eigenvalue weighted by molar-refractivity contribution is 5.83. The smallest absolute Gasteiger partial charge is 0.253 e. The Bertz CT molecular complexity index is 1170. The zero-order chi connectivity index (χ0) is 22.9. The minimum atomic E-state index is -0.297. The number of nitrogens with zero attached hydrogens (tertiary/aromatic N) is 5. The molecule has 1 aromatic carbocycles. The van der Waals surface area contributed by atoms with Gasteiger partial charge in [-0.2, -0.15) is 0 Å². The predicted molar refractivity (Wildman–Crippen MR) is 125 cm³/mol. The van der Waals surface area contributed by atoms with Gasteiger partial charge in [-0.3, -0.25) is 9.69 Å². The molecule has 5 rings (SSSR count). The van der Waals surface area contributed by atoms with Gasteiger partial charge < -0.3 is 14.5 Å². The van der Waals surface area contributed by atoms with E-state index in [1.807, 2.05) is 16.8 Å². The summed E-state index contributed by atoms with van der Waals surface area (Å²) in [4.78, 5) is 18.9. The summed E-state index contributed by atoms with van der Waals surface area (Å²) in [6.07, 6.45) is 6.72. The Labute approximate surface area is 193 Å². The molecular formula is C24H32N6O3. The molecule has 0 bridgehead atoms. The van der Waals surface area contributed by atoms with Gasteiger partial charge in [-0.15, -0.1) is 5.10 Å². The number of piperidine rings is 1. The molecule has 1 unspecified atom stereocenters. The van der Waals surface area contributed by atoms with E-state index in [0.29, 0.717) is 34.5 Å². The lowest BCUT2D eigenvalue weighted by Crippen LogP contribution is -2.40. The van der Waals surface area contributed by atoms with Crippen LogP contribution < -0.4 is 15.0 Å². The van der Waals surface area contributed by atoms with Crippen LogP contribution >= 0.6 is 0 Å². The first-order valence-electron chi connectivity index (χ1n) is 11.9. The largest absolute Gasteiger partial charge is 0.493 e. The van der Waals surface area contributed by atoms with Crippen LogP contribution in [0.5, 0.6) is 11.5 Å². The second-order valence-electron chi connectivity index (χ2n) is 9.39. The standard InChI is InChI=1S/C24H32N6O3/c1-15-8-10-29(11-9-15)22(23-26-27-28-30(23)17-6-4-5-7-17)18-12-16-13-20(32-2)21(33-3)14-19(16)25-24(18)31/h12-15,17,22H,4-11H2,1-3H3,(H,25,31). The normalized spacial score (nSPS) is 19.2. The lowest BCUT2D eigenvalue weighted by atomic mass is 9.95. The second kappa shape index (κ2) is 9.13. The van der Waals surface area contributed by atoms with Crippen LogP contribution in [0.2, 0.25) is 0 Å². The van der Waals surface area contributed by atoms with E-state index in [1.54, 1.807) is 20.3 Å². The third kappa shape index (κ3) is 4.10. The summed E-state index contributed by atoms with van der Waals surface area (Å²) in [5.74, 6) is 2.66. The number of tetrazole rings is 1. The number of likely N-dealkylation sites (tertiary alicyclic amines) is 1. The molecule has 33 heavy (non-hydrogen) atoms. The van der Waals surface area contributed by atoms with Crippen LogP contribution in [0.3, 0.4) is 0 Å². The number of methoxy groups -OCH3 is 2. The Kier molecular flexibility index (Phi) is 6.05. The van der Waals surface area contributed by atoms with Gasteiger partial charge in [0, 0.05) is 17.0 Å². The summed E-state index contributed by atoms with van der Waals surface area (Å²) in [6, 6.07) is 5.67. The Hall–Kier alpha value is -2.94. The van der Waals surface area contributed by atoms with Crippen LogP contribution in [0.15, 0.2) is 23.0 Å². The zero-order valence-corrected chi connectivity index (χ0v) is 19.6. The molecule has 0 spiro atoms. The fourth-order valence-corrected chi connectivity index (χ4v) is 5.33. The van der Waals surface area contributed by atoms with E-state index in [2.05, 4.69) is 32.3 Å². The van der Waals surface area contributed by atoms with Crippen molar-refractivity contribution in [1.82, 2.24) is 30.1 Å². The van der Waals surface area contributed by atoms with E-state index >= 15 is 0 Å². The molecule has 1 aliphatic heterocycles. The Morgan fingerprint density at radius 3 is 2.42 bits per heavy atom. The number of benzene rings is 1. The number of nitrogens with one attached hydrogen (secondary N) is 1. The average molecular weight is 453 g/mol. The lowest BCUT2D eigenvalue weighted by Gasteiger charge is -2.36. The van der Waals surface area contributed by atoms with Gasteiger partial charge in [0.2, 0.25) is 0 Å². The Morgan fingerprint density at radius 2 is 1.73 bits per heavy atom. The van der Waals surface area contributed by atoms with E-state index in [1.165, 1.54) is 12.8 Å². The summed E-state index contributed by atoms with van der Waals surface area (Å²) < 4.78 is 12.9. The molecular weight excluding hydrogens is 420 g/mol. The molecule has 1 saturated carbocycles. The summed E-state index contributed by atoms with van der Waals surface area (Å²) in [5.41, 5.74) is 1.25. The molecule has 1 atom stereocenters. The predicted octanol–water partition coefficient (Wildman–Crippen LogP) is 3.47. The van der Waals surface area contributed by atoms with Crippen molar-refractivity contribution < 1.29 is 9.47 Å². The van der Waals surface area contributed by atoms with E-state index in [4.69, 9.17) is 9.47 Å². The quantitative estimate of drug-likeness (QED) is 0.611. The molecule has 176 valence electrons. The summed E-state index contributed by atoms with van der Waals surface area (Å²) in [6.45, 7) is 4.11. The number of aromatic amines is 1. The molecule has 2 aromatic heterocycles. The van der Waals surface area contributed by atoms with Crippen molar-refractivity contribution in [1.29, 1.82) is 0 Å². The summed E-state index contributed by atoms with van der Waals surface area (Å²) in [7, 11) is 3.20. The number of H-pyrrole nitrogens is 1. The van der Waals surface area contributed by atoms with Gasteiger partial charge in [0.05, 0.1) is 25.8 Å². The molecule has 3 aromatic rings. The summed E-state index contributed by atoms with van der Waals surface area (Å²) >= 11 is 0. The maximum Gasteiger partial charge on any atom is 0.253 e. The van der Waals surface area contributed by atoms with Crippen molar-refractivity contribution in [3.8, 4) is 11.5 Å². The lowest BCUT2D eigenvalue weighted by molar-refractivity contribution is 0.147. The minimum Gasteiger partial charge on any atom is -0.493 e. The molecule has 2 fully saturated rings. The molecule has 2 aliphatic rings. The molecule has 0 amide bonds. The van der Waals surface area contributed by atoms with E-state index in [9.17, 15) is 4.79 Å². The van der Waals surface area contributed by atoms with Gasteiger partial charge in [0.25, 0.3) is 5.56 Å². The van der Waals surface area contributed by atoms with Crippen molar-refractivity contribution in [2.75, 3.05) is 27.3 Å². The van der Waals surface area contributed by atoms with Crippen LogP contribution in [0.1, 0.15) is 68.9 Å². The van der Waals surface area contributed by atoms with Crippen molar-refractivity contribution in [2.45, 2.75) is 57.5 Å². The van der Waals surface area contributed by atoms with E-state index < -0.39 is 0 Å². The van der Waals surface area contributed by atoms with Crippen molar-refractivity contribution in [3.63, 3.8) is 0 Å². The third-order valence-corrected chi connectivity index (χ3v) is 7.29. The van der Waals surface area contributed by atoms with Crippen molar-refractivity contribution in [2.24, 2.45) is 5.92 Å². The van der Waals surface area contributed by atoms with Gasteiger partial charge in [0.1, 0.15) is 6.04 Å². The number of pyridine rings is 1. The molecule has 3 heterocycles. The maximum absolute atomic E-state index is 13.4. The Balaban J connectivity index is 1.64. The topological polar surface area (TPSA) is 98.2 Å². The molecule has 1 aliphatic carbocycles. The number of hydrogen-bond donors (Lipinski definition) is 1. The monoisotopic (exact) mass is 452 g/mol. The van der Waals surface area contributed by atoms with Gasteiger partial charge >= 0.3 is 0 Å². The van der Waals surface area contributed by atoms with Crippen LogP contribution in [0.4, 0.5) is 0 Å². The van der Waals surface area contributed by atoms with Crippen LogP contribution in [-0.4, -0.2) is 57.4 Å². The van der Waals surface area contributed by atoms with Crippen molar-refractivity contribution in [3.05, 3.63) is 39.9 Å². The van der Waals surface area contributed by atoms with Gasteiger partial charge in [0.15, 0.2) is 17.3 Å². The second-order valence-corrected chi connectivity index (χ2v) is 9.39. The first-order chi connectivity index (χ1) is 16.1. The molecule has 0 radical (unpaired) electrons. The van der Waals surface area contributed by atoms with E-state index in [-0.39, 0.29) is 11.6 Å². The first kappa shape index (κ1) is 21.9. The zero-order valence-electron chi connectivity index (χ0n) is 19.6. The van der Waals surface area contributed by atoms with Gasteiger partial charge in [-0.05, 0) is 67.3 Å². The van der Waals surface area contributed by atoms with Gasteiger partial charge in [-0.25, -0.2) is 4.68 Å². The number of fused-ring (bicyclic) bond motifs is 1. The van der Waals surface area contributed by atoms with Gasteiger partial charge in [-0.1, -0.05) is 19.8 Å².